The van der Waals surface area contributed by atoms with Crippen molar-refractivity contribution in [2.24, 2.45) is 0 Å². The molecule has 0 bridgehead atoms. The molecule has 1 aromatic heterocycles. The Labute approximate surface area is 169 Å². The summed E-state index contributed by atoms with van der Waals surface area (Å²) in [6.07, 6.45) is 2.09. The number of hydrogen-bond donors (Lipinski definition) is 0. The van der Waals surface area contributed by atoms with Crippen molar-refractivity contribution in [1.82, 2.24) is 9.88 Å². The van der Waals surface area contributed by atoms with Gasteiger partial charge in [-0.2, -0.15) is 0 Å². The van der Waals surface area contributed by atoms with E-state index in [0.717, 1.165) is 46.9 Å². The molecule has 134 valence electrons. The second-order valence-electron chi connectivity index (χ2n) is 6.12. The topological polar surface area (TPSA) is 36.4 Å². The molecule has 26 heavy (non-hydrogen) atoms. The SMILES string of the molecule is CSc1ccc2nc(N3CCN(C(=O)c4ccc(Br)cc4)CC3)sc2c1. The molecule has 0 aliphatic carbocycles. The minimum absolute atomic E-state index is 0.103. The van der Waals surface area contributed by atoms with E-state index in [4.69, 9.17) is 4.98 Å². The molecular formula is C19H18BrN3OS2. The number of thioether (sulfide) groups is 1. The fraction of sp³-hybridized carbons (Fsp3) is 0.263. The molecule has 3 aromatic rings. The first kappa shape index (κ1) is 17.8. The minimum atomic E-state index is 0.103. The average molecular weight is 448 g/mol. The van der Waals surface area contributed by atoms with Crippen molar-refractivity contribution >= 4 is 60.3 Å². The summed E-state index contributed by atoms with van der Waals surface area (Å²) >= 11 is 6.89. The molecule has 1 aliphatic heterocycles. The fourth-order valence-electron chi connectivity index (χ4n) is 3.03. The van der Waals surface area contributed by atoms with Gasteiger partial charge in [-0.05, 0) is 48.7 Å². The molecule has 0 atom stereocenters. The molecule has 4 nitrogen and oxygen atoms in total. The third-order valence-electron chi connectivity index (χ3n) is 4.51. The van der Waals surface area contributed by atoms with E-state index in [2.05, 4.69) is 45.3 Å². The van der Waals surface area contributed by atoms with Gasteiger partial charge in [-0.25, -0.2) is 4.98 Å². The lowest BCUT2D eigenvalue weighted by Crippen LogP contribution is -2.48. The van der Waals surface area contributed by atoms with Gasteiger partial charge in [-0.3, -0.25) is 4.79 Å². The summed E-state index contributed by atoms with van der Waals surface area (Å²) in [4.78, 5) is 22.9. The van der Waals surface area contributed by atoms with Crippen LogP contribution in [0.3, 0.4) is 0 Å². The highest BCUT2D eigenvalue weighted by Crippen LogP contribution is 2.32. The van der Waals surface area contributed by atoms with Crippen LogP contribution in [0, 0.1) is 0 Å². The van der Waals surface area contributed by atoms with Crippen molar-refractivity contribution in [2.45, 2.75) is 4.90 Å². The summed E-state index contributed by atoms with van der Waals surface area (Å²) in [7, 11) is 0. The summed E-state index contributed by atoms with van der Waals surface area (Å²) in [5, 5.41) is 1.05. The maximum atomic E-state index is 12.6. The highest BCUT2D eigenvalue weighted by atomic mass is 79.9. The van der Waals surface area contributed by atoms with Crippen molar-refractivity contribution in [2.75, 3.05) is 37.3 Å². The first-order valence-corrected chi connectivity index (χ1v) is 11.2. The molecule has 2 heterocycles. The van der Waals surface area contributed by atoms with Crippen molar-refractivity contribution in [3.63, 3.8) is 0 Å². The largest absolute Gasteiger partial charge is 0.345 e. The van der Waals surface area contributed by atoms with Gasteiger partial charge >= 0.3 is 0 Å². The Morgan fingerprint density at radius 3 is 2.54 bits per heavy atom. The Morgan fingerprint density at radius 2 is 1.85 bits per heavy atom. The Balaban J connectivity index is 1.44. The third-order valence-corrected chi connectivity index (χ3v) is 6.85. The first-order chi connectivity index (χ1) is 12.6. The van der Waals surface area contributed by atoms with Crippen LogP contribution in [0.1, 0.15) is 10.4 Å². The highest BCUT2D eigenvalue weighted by molar-refractivity contribution is 9.10. The Kier molecular flexibility index (Phi) is 5.20. The fourth-order valence-corrected chi connectivity index (χ4v) is 4.87. The second kappa shape index (κ2) is 7.58. The molecule has 4 rings (SSSR count). The summed E-state index contributed by atoms with van der Waals surface area (Å²) < 4.78 is 2.21. The number of benzene rings is 2. The Morgan fingerprint density at radius 1 is 1.12 bits per heavy atom. The number of aromatic nitrogens is 1. The van der Waals surface area contributed by atoms with Crippen LogP contribution in [-0.4, -0.2) is 48.2 Å². The van der Waals surface area contributed by atoms with Gasteiger partial charge in [-0.1, -0.05) is 27.3 Å². The highest BCUT2D eigenvalue weighted by Gasteiger charge is 2.24. The summed E-state index contributed by atoms with van der Waals surface area (Å²) in [5.74, 6) is 0.103. The van der Waals surface area contributed by atoms with E-state index in [0.29, 0.717) is 0 Å². The number of halogens is 1. The van der Waals surface area contributed by atoms with Crippen molar-refractivity contribution < 1.29 is 4.79 Å². The molecule has 1 aliphatic rings. The van der Waals surface area contributed by atoms with Crippen LogP contribution in [0.4, 0.5) is 5.13 Å². The molecule has 1 saturated heterocycles. The summed E-state index contributed by atoms with van der Waals surface area (Å²) in [5.41, 5.74) is 1.79. The van der Waals surface area contributed by atoms with Gasteiger partial charge in [0.15, 0.2) is 5.13 Å². The van der Waals surface area contributed by atoms with E-state index in [1.165, 1.54) is 9.60 Å². The predicted octanol–water partition coefficient (Wildman–Crippen LogP) is 4.74. The van der Waals surface area contributed by atoms with Crippen molar-refractivity contribution in [1.29, 1.82) is 0 Å². The van der Waals surface area contributed by atoms with E-state index in [-0.39, 0.29) is 5.91 Å². The average Bonchev–Trinajstić information content (AvgIpc) is 3.11. The lowest BCUT2D eigenvalue weighted by molar-refractivity contribution is 0.0747. The zero-order chi connectivity index (χ0) is 18.1. The zero-order valence-corrected chi connectivity index (χ0v) is 17.5. The number of hydrogen-bond acceptors (Lipinski definition) is 5. The number of piperazine rings is 1. The zero-order valence-electron chi connectivity index (χ0n) is 14.3. The van der Waals surface area contributed by atoms with E-state index in [1.54, 1.807) is 23.1 Å². The Bertz CT molecular complexity index is 934. The predicted molar refractivity (Wildman–Crippen MR) is 114 cm³/mol. The van der Waals surface area contributed by atoms with E-state index >= 15 is 0 Å². The summed E-state index contributed by atoms with van der Waals surface area (Å²) in [6, 6.07) is 14.0. The van der Waals surface area contributed by atoms with Gasteiger partial charge in [0, 0.05) is 41.1 Å². The van der Waals surface area contributed by atoms with Crippen LogP contribution in [-0.2, 0) is 0 Å². The van der Waals surface area contributed by atoms with Gasteiger partial charge in [0.25, 0.3) is 5.91 Å². The van der Waals surface area contributed by atoms with Crippen LogP contribution >= 0.6 is 39.0 Å². The van der Waals surface area contributed by atoms with Gasteiger partial charge in [0.05, 0.1) is 10.2 Å². The maximum absolute atomic E-state index is 12.6. The van der Waals surface area contributed by atoms with Crippen molar-refractivity contribution in [3.05, 3.63) is 52.5 Å². The number of anilines is 1. The number of carbonyl (C=O) groups is 1. The normalized spacial score (nSPS) is 14.8. The van der Waals surface area contributed by atoms with Crippen LogP contribution < -0.4 is 4.90 Å². The Hall–Kier alpha value is -1.57. The van der Waals surface area contributed by atoms with Gasteiger partial charge in [0.1, 0.15) is 0 Å². The van der Waals surface area contributed by atoms with Crippen molar-refractivity contribution in [3.8, 4) is 0 Å². The molecule has 0 saturated carbocycles. The molecular weight excluding hydrogens is 430 g/mol. The standard InChI is InChI=1S/C19H18BrN3OS2/c1-25-15-6-7-16-17(12-15)26-19(21-16)23-10-8-22(9-11-23)18(24)13-2-4-14(20)5-3-13/h2-7,12H,8-11H2,1H3. The molecule has 7 heteroatoms. The number of amides is 1. The van der Waals surface area contributed by atoms with E-state index in [1.807, 2.05) is 29.2 Å². The van der Waals surface area contributed by atoms with E-state index in [9.17, 15) is 4.79 Å². The van der Waals surface area contributed by atoms with E-state index < -0.39 is 0 Å². The van der Waals surface area contributed by atoms with Crippen LogP contribution in [0.5, 0.6) is 0 Å². The van der Waals surface area contributed by atoms with Gasteiger partial charge in [0.2, 0.25) is 0 Å². The van der Waals surface area contributed by atoms with Crippen LogP contribution in [0.25, 0.3) is 10.2 Å². The molecule has 0 spiro atoms. The lowest BCUT2D eigenvalue weighted by Gasteiger charge is -2.34. The molecule has 0 radical (unpaired) electrons. The first-order valence-electron chi connectivity index (χ1n) is 8.38. The molecule has 2 aromatic carbocycles. The smallest absolute Gasteiger partial charge is 0.253 e. The monoisotopic (exact) mass is 447 g/mol. The molecule has 1 amide bonds. The quantitative estimate of drug-likeness (QED) is 0.543. The number of fused-ring (bicyclic) bond motifs is 1. The lowest BCUT2D eigenvalue weighted by atomic mass is 10.2. The van der Waals surface area contributed by atoms with Crippen LogP contribution in [0.15, 0.2) is 51.8 Å². The van der Waals surface area contributed by atoms with Gasteiger partial charge < -0.3 is 9.80 Å². The molecule has 1 fully saturated rings. The number of nitrogens with zero attached hydrogens (tertiary/aromatic N) is 3. The molecule has 0 unspecified atom stereocenters. The summed E-state index contributed by atoms with van der Waals surface area (Å²) in [6.45, 7) is 3.08. The number of thiazole rings is 1. The number of rotatable bonds is 3. The van der Waals surface area contributed by atoms with Crippen LogP contribution in [0.2, 0.25) is 0 Å². The number of carbonyl (C=O) groups excluding carboxylic acids is 1. The second-order valence-corrected chi connectivity index (χ2v) is 8.92. The third kappa shape index (κ3) is 3.61. The maximum Gasteiger partial charge on any atom is 0.253 e. The van der Waals surface area contributed by atoms with Gasteiger partial charge in [-0.15, -0.1) is 11.8 Å². The molecule has 0 N–H and O–H groups in total. The minimum Gasteiger partial charge on any atom is -0.345 e.